The largest absolute Gasteiger partial charge is 0.416 e. The van der Waals surface area contributed by atoms with Crippen molar-refractivity contribution >= 4 is 11.6 Å². The zero-order chi connectivity index (χ0) is 15.5. The van der Waals surface area contributed by atoms with E-state index >= 15 is 0 Å². The predicted molar refractivity (Wildman–Crippen MR) is 70.7 cm³/mol. The summed E-state index contributed by atoms with van der Waals surface area (Å²) in [7, 11) is 0. The Labute approximate surface area is 118 Å². The van der Waals surface area contributed by atoms with Gasteiger partial charge in [-0.05, 0) is 24.3 Å². The first-order chi connectivity index (χ1) is 9.90. The van der Waals surface area contributed by atoms with Crippen molar-refractivity contribution in [3.63, 3.8) is 0 Å². The second-order valence-corrected chi connectivity index (χ2v) is 4.31. The molecule has 0 saturated carbocycles. The molecular weight excluding hydrogens is 285 g/mol. The van der Waals surface area contributed by atoms with Crippen molar-refractivity contribution in [3.05, 3.63) is 48.0 Å². The third-order valence-corrected chi connectivity index (χ3v) is 2.72. The maximum Gasteiger partial charge on any atom is 0.416 e. The highest BCUT2D eigenvalue weighted by Gasteiger charge is 2.30. The number of imidazole rings is 1. The van der Waals surface area contributed by atoms with Gasteiger partial charge in [-0.3, -0.25) is 4.79 Å². The summed E-state index contributed by atoms with van der Waals surface area (Å²) >= 11 is 0. The quantitative estimate of drug-likeness (QED) is 0.908. The summed E-state index contributed by atoms with van der Waals surface area (Å²) < 4.78 is 38.9. The molecule has 0 aliphatic heterocycles. The molecule has 8 heteroatoms. The van der Waals surface area contributed by atoms with Crippen LogP contribution in [-0.4, -0.2) is 22.0 Å². The molecule has 1 aromatic heterocycles. The Bertz CT molecular complexity index is 619. The van der Waals surface area contributed by atoms with E-state index in [-0.39, 0.29) is 11.4 Å². The van der Waals surface area contributed by atoms with E-state index in [4.69, 9.17) is 5.73 Å². The molecule has 0 aliphatic rings. The van der Waals surface area contributed by atoms with Gasteiger partial charge in [0.2, 0.25) is 0 Å². The van der Waals surface area contributed by atoms with Gasteiger partial charge in [0.25, 0.3) is 5.91 Å². The number of alkyl halides is 3. The number of carbonyl (C=O) groups is 1. The van der Waals surface area contributed by atoms with E-state index in [0.717, 1.165) is 12.1 Å². The molecule has 1 amide bonds. The van der Waals surface area contributed by atoms with Gasteiger partial charge in [-0.2, -0.15) is 13.2 Å². The first kappa shape index (κ1) is 15.0. The van der Waals surface area contributed by atoms with Gasteiger partial charge >= 0.3 is 6.18 Å². The van der Waals surface area contributed by atoms with Gasteiger partial charge in [0, 0.05) is 25.0 Å². The van der Waals surface area contributed by atoms with Crippen molar-refractivity contribution < 1.29 is 18.0 Å². The van der Waals surface area contributed by atoms with Crippen molar-refractivity contribution in [3.8, 4) is 0 Å². The van der Waals surface area contributed by atoms with Crippen molar-refractivity contribution in [1.82, 2.24) is 9.55 Å². The monoisotopic (exact) mass is 298 g/mol. The number of hydrogen-bond acceptors (Lipinski definition) is 3. The first-order valence-corrected chi connectivity index (χ1v) is 6.10. The van der Waals surface area contributed by atoms with Gasteiger partial charge in [-0.25, -0.2) is 4.98 Å². The summed E-state index contributed by atoms with van der Waals surface area (Å²) in [6.45, 7) is 0.941. The van der Waals surface area contributed by atoms with Gasteiger partial charge in [0.05, 0.1) is 11.9 Å². The van der Waals surface area contributed by atoms with Crippen LogP contribution in [0.5, 0.6) is 0 Å². The molecular formula is C13H13F3N4O. The lowest BCUT2D eigenvalue weighted by Gasteiger charge is -2.08. The molecule has 5 nitrogen and oxygen atoms in total. The Hall–Kier alpha value is -2.35. The van der Waals surface area contributed by atoms with E-state index in [1.165, 1.54) is 24.7 Å². The highest BCUT2D eigenvalue weighted by Crippen LogP contribution is 2.29. The fourth-order valence-corrected chi connectivity index (χ4v) is 1.69. The molecule has 0 atom stereocenters. The topological polar surface area (TPSA) is 72.9 Å². The summed E-state index contributed by atoms with van der Waals surface area (Å²) in [6.07, 6.45) is -1.41. The molecule has 2 rings (SSSR count). The fourth-order valence-electron chi connectivity index (χ4n) is 1.69. The Morgan fingerprint density at radius 3 is 2.52 bits per heavy atom. The molecule has 0 bridgehead atoms. The van der Waals surface area contributed by atoms with Crippen LogP contribution in [0, 0.1) is 0 Å². The van der Waals surface area contributed by atoms with Crippen LogP contribution in [-0.2, 0) is 12.7 Å². The Morgan fingerprint density at radius 2 is 1.95 bits per heavy atom. The molecule has 0 saturated heterocycles. The molecule has 0 spiro atoms. The van der Waals surface area contributed by atoms with Crippen LogP contribution in [0.1, 0.15) is 16.1 Å². The summed E-state index contributed by atoms with van der Waals surface area (Å²) in [5.41, 5.74) is 5.04. The third-order valence-electron chi connectivity index (χ3n) is 2.72. The number of hydrogen-bond donors (Lipinski definition) is 2. The predicted octanol–water partition coefficient (Wildman–Crippen LogP) is 2.11. The van der Waals surface area contributed by atoms with Crippen molar-refractivity contribution in [2.45, 2.75) is 12.7 Å². The number of amides is 1. The van der Waals surface area contributed by atoms with Gasteiger partial charge in [-0.15, -0.1) is 0 Å². The summed E-state index contributed by atoms with van der Waals surface area (Å²) in [5, 5.41) is 2.48. The minimum atomic E-state index is -4.40. The van der Waals surface area contributed by atoms with Crippen LogP contribution in [0.25, 0.3) is 0 Å². The normalized spacial score (nSPS) is 11.4. The maximum absolute atomic E-state index is 12.4. The molecule has 112 valence electrons. The average molecular weight is 298 g/mol. The van der Waals surface area contributed by atoms with E-state index in [9.17, 15) is 18.0 Å². The molecule has 2 aromatic rings. The van der Waals surface area contributed by atoms with Crippen LogP contribution >= 0.6 is 0 Å². The van der Waals surface area contributed by atoms with Gasteiger partial charge in [-0.1, -0.05) is 0 Å². The number of halogens is 3. The second-order valence-electron chi connectivity index (χ2n) is 4.31. The SMILES string of the molecule is NCCn1cnc(C(=O)Nc2ccc(C(F)(F)F)cc2)c1. The zero-order valence-electron chi connectivity index (χ0n) is 10.9. The van der Waals surface area contributed by atoms with E-state index < -0.39 is 17.6 Å². The van der Waals surface area contributed by atoms with E-state index in [1.807, 2.05) is 0 Å². The maximum atomic E-state index is 12.4. The van der Waals surface area contributed by atoms with Crippen LogP contribution in [0.4, 0.5) is 18.9 Å². The number of anilines is 1. The number of carbonyl (C=O) groups excluding carboxylic acids is 1. The number of nitrogens with one attached hydrogen (secondary N) is 1. The molecule has 0 fully saturated rings. The molecule has 1 aromatic carbocycles. The number of nitrogens with zero attached hydrogens (tertiary/aromatic N) is 2. The Morgan fingerprint density at radius 1 is 1.29 bits per heavy atom. The number of benzene rings is 1. The average Bonchev–Trinajstić information content (AvgIpc) is 2.87. The Kier molecular flexibility index (Phi) is 4.27. The van der Waals surface area contributed by atoms with Crippen LogP contribution < -0.4 is 11.1 Å². The van der Waals surface area contributed by atoms with Gasteiger partial charge in [0.15, 0.2) is 0 Å². The standard InChI is InChI=1S/C13H13F3N4O/c14-13(15,16)9-1-3-10(4-2-9)19-12(21)11-7-20(6-5-17)8-18-11/h1-4,7-8H,5-6,17H2,(H,19,21). The lowest BCUT2D eigenvalue weighted by Crippen LogP contribution is -2.13. The molecule has 0 radical (unpaired) electrons. The first-order valence-electron chi connectivity index (χ1n) is 6.10. The van der Waals surface area contributed by atoms with E-state index in [1.54, 1.807) is 4.57 Å². The second kappa shape index (κ2) is 5.96. The zero-order valence-corrected chi connectivity index (χ0v) is 10.9. The molecule has 3 N–H and O–H groups in total. The number of nitrogens with two attached hydrogens (primary N) is 1. The van der Waals surface area contributed by atoms with Gasteiger partial charge in [0.1, 0.15) is 5.69 Å². The van der Waals surface area contributed by atoms with Crippen LogP contribution in [0.3, 0.4) is 0 Å². The summed E-state index contributed by atoms with van der Waals surface area (Å²) in [6, 6.07) is 4.19. The van der Waals surface area contributed by atoms with Gasteiger partial charge < -0.3 is 15.6 Å². The minimum Gasteiger partial charge on any atom is -0.335 e. The Balaban J connectivity index is 2.05. The fraction of sp³-hybridized carbons (Fsp3) is 0.231. The van der Waals surface area contributed by atoms with Crippen molar-refractivity contribution in [1.29, 1.82) is 0 Å². The number of aromatic nitrogens is 2. The summed E-state index contributed by atoms with van der Waals surface area (Å²) in [5.74, 6) is -0.495. The van der Waals surface area contributed by atoms with Crippen molar-refractivity contribution in [2.75, 3.05) is 11.9 Å². The number of rotatable bonds is 4. The smallest absolute Gasteiger partial charge is 0.335 e. The lowest BCUT2D eigenvalue weighted by molar-refractivity contribution is -0.137. The molecule has 21 heavy (non-hydrogen) atoms. The van der Waals surface area contributed by atoms with Crippen molar-refractivity contribution in [2.24, 2.45) is 5.73 Å². The van der Waals surface area contributed by atoms with Crippen LogP contribution in [0.2, 0.25) is 0 Å². The highest BCUT2D eigenvalue weighted by molar-refractivity contribution is 6.02. The van der Waals surface area contributed by atoms with E-state index in [2.05, 4.69) is 10.3 Å². The van der Waals surface area contributed by atoms with E-state index in [0.29, 0.717) is 13.1 Å². The van der Waals surface area contributed by atoms with Crippen LogP contribution in [0.15, 0.2) is 36.8 Å². The molecule has 0 unspecified atom stereocenters. The summed E-state index contributed by atoms with van der Waals surface area (Å²) in [4.78, 5) is 15.8. The molecule has 1 heterocycles. The molecule has 0 aliphatic carbocycles. The minimum absolute atomic E-state index is 0.170. The highest BCUT2D eigenvalue weighted by atomic mass is 19.4. The third kappa shape index (κ3) is 3.82. The lowest BCUT2D eigenvalue weighted by atomic mass is 10.2.